The van der Waals surface area contributed by atoms with Crippen molar-refractivity contribution < 1.29 is 9.90 Å². The predicted octanol–water partition coefficient (Wildman–Crippen LogP) is 2.83. The number of rotatable bonds is 3. The van der Waals surface area contributed by atoms with Gasteiger partial charge in [-0.3, -0.25) is 0 Å². The SMILES string of the molecule is O=C(O)c1cnc2c(cnn2Cc2ccccc2Cl)c1. The maximum Gasteiger partial charge on any atom is 0.337 e. The van der Waals surface area contributed by atoms with Crippen LogP contribution in [0.5, 0.6) is 0 Å². The van der Waals surface area contributed by atoms with Gasteiger partial charge >= 0.3 is 5.97 Å². The zero-order valence-corrected chi connectivity index (χ0v) is 11.1. The van der Waals surface area contributed by atoms with Gasteiger partial charge in [-0.1, -0.05) is 29.8 Å². The molecule has 5 nitrogen and oxygen atoms in total. The summed E-state index contributed by atoms with van der Waals surface area (Å²) in [6, 6.07) is 9.06. The molecule has 0 amide bonds. The number of carbonyl (C=O) groups is 1. The first kappa shape index (κ1) is 12.6. The topological polar surface area (TPSA) is 68.0 Å². The quantitative estimate of drug-likeness (QED) is 0.804. The Morgan fingerprint density at radius 2 is 2.10 bits per heavy atom. The van der Waals surface area contributed by atoms with Gasteiger partial charge < -0.3 is 5.11 Å². The molecule has 3 rings (SSSR count). The predicted molar refractivity (Wildman–Crippen MR) is 75.0 cm³/mol. The van der Waals surface area contributed by atoms with Gasteiger partial charge in [0.1, 0.15) is 0 Å². The summed E-state index contributed by atoms with van der Waals surface area (Å²) in [6.45, 7) is 0.489. The van der Waals surface area contributed by atoms with E-state index in [4.69, 9.17) is 16.7 Å². The number of aromatic nitrogens is 3. The fourth-order valence-corrected chi connectivity index (χ4v) is 2.19. The minimum atomic E-state index is -1.00. The molecule has 0 aliphatic rings. The van der Waals surface area contributed by atoms with Gasteiger partial charge in [0, 0.05) is 16.6 Å². The van der Waals surface area contributed by atoms with Crippen LogP contribution < -0.4 is 0 Å². The molecular weight excluding hydrogens is 278 g/mol. The van der Waals surface area contributed by atoms with Gasteiger partial charge in [-0.05, 0) is 17.7 Å². The van der Waals surface area contributed by atoms with Crippen LogP contribution in [-0.2, 0) is 6.54 Å². The highest BCUT2D eigenvalue weighted by atomic mass is 35.5. The largest absolute Gasteiger partial charge is 0.478 e. The molecule has 0 radical (unpaired) electrons. The van der Waals surface area contributed by atoms with Crippen molar-refractivity contribution in [3.05, 3.63) is 58.9 Å². The van der Waals surface area contributed by atoms with Crippen LogP contribution in [0.15, 0.2) is 42.7 Å². The number of pyridine rings is 1. The van der Waals surface area contributed by atoms with Gasteiger partial charge in [0.2, 0.25) is 0 Å². The number of nitrogens with zero attached hydrogens (tertiary/aromatic N) is 3. The minimum Gasteiger partial charge on any atom is -0.478 e. The normalized spacial score (nSPS) is 10.8. The third kappa shape index (κ3) is 2.23. The van der Waals surface area contributed by atoms with Crippen molar-refractivity contribution in [3.63, 3.8) is 0 Å². The molecule has 100 valence electrons. The van der Waals surface area contributed by atoms with Crippen molar-refractivity contribution in [2.45, 2.75) is 6.54 Å². The molecule has 2 heterocycles. The summed E-state index contributed by atoms with van der Waals surface area (Å²) < 4.78 is 1.70. The average molecular weight is 288 g/mol. The molecule has 2 aromatic heterocycles. The number of hydrogen-bond donors (Lipinski definition) is 1. The Bertz CT molecular complexity index is 798. The molecule has 0 saturated heterocycles. The van der Waals surface area contributed by atoms with Crippen molar-refractivity contribution in [2.24, 2.45) is 0 Å². The molecule has 1 N–H and O–H groups in total. The zero-order valence-electron chi connectivity index (χ0n) is 10.3. The number of carboxylic acid groups (broad SMARTS) is 1. The summed E-state index contributed by atoms with van der Waals surface area (Å²) in [6.07, 6.45) is 2.93. The van der Waals surface area contributed by atoms with Gasteiger partial charge in [-0.25, -0.2) is 14.5 Å². The van der Waals surface area contributed by atoms with Crippen LogP contribution in [0.3, 0.4) is 0 Å². The van der Waals surface area contributed by atoms with Crippen LogP contribution in [0, 0.1) is 0 Å². The molecule has 0 atom stereocenters. The Hall–Kier alpha value is -2.40. The Kier molecular flexibility index (Phi) is 3.12. The van der Waals surface area contributed by atoms with Crippen molar-refractivity contribution in [3.8, 4) is 0 Å². The van der Waals surface area contributed by atoms with Crippen LogP contribution in [-0.4, -0.2) is 25.8 Å². The molecule has 1 aromatic carbocycles. The highest BCUT2D eigenvalue weighted by Crippen LogP contribution is 2.19. The second kappa shape index (κ2) is 4.94. The van der Waals surface area contributed by atoms with E-state index in [2.05, 4.69) is 10.1 Å². The lowest BCUT2D eigenvalue weighted by Crippen LogP contribution is -2.04. The van der Waals surface area contributed by atoms with Crippen molar-refractivity contribution >= 4 is 28.6 Å². The highest BCUT2D eigenvalue weighted by Gasteiger charge is 2.10. The standard InChI is InChI=1S/C14H10ClN3O2/c15-12-4-2-1-3-9(12)8-18-13-10(7-17-18)5-11(6-16-13)14(19)20/h1-7H,8H2,(H,19,20). The average Bonchev–Trinajstić information content (AvgIpc) is 2.84. The summed E-state index contributed by atoms with van der Waals surface area (Å²) in [4.78, 5) is 15.1. The molecule has 0 fully saturated rings. The second-order valence-corrected chi connectivity index (χ2v) is 4.74. The summed E-state index contributed by atoms with van der Waals surface area (Å²) in [5.41, 5.74) is 1.72. The van der Waals surface area contributed by atoms with Crippen molar-refractivity contribution in [1.82, 2.24) is 14.8 Å². The van der Waals surface area contributed by atoms with E-state index in [-0.39, 0.29) is 5.56 Å². The Balaban J connectivity index is 2.01. The Morgan fingerprint density at radius 1 is 1.30 bits per heavy atom. The smallest absolute Gasteiger partial charge is 0.337 e. The van der Waals surface area contributed by atoms with Crippen molar-refractivity contribution in [2.75, 3.05) is 0 Å². The molecule has 20 heavy (non-hydrogen) atoms. The number of aromatic carboxylic acids is 1. The lowest BCUT2D eigenvalue weighted by molar-refractivity contribution is 0.0696. The van der Waals surface area contributed by atoms with Gasteiger partial charge in [-0.15, -0.1) is 0 Å². The van der Waals surface area contributed by atoms with Crippen LogP contribution in [0.2, 0.25) is 5.02 Å². The molecule has 0 spiro atoms. The van der Waals surface area contributed by atoms with Gasteiger partial charge in [0.05, 0.1) is 18.3 Å². The van der Waals surface area contributed by atoms with E-state index >= 15 is 0 Å². The van der Waals surface area contributed by atoms with E-state index < -0.39 is 5.97 Å². The molecule has 0 aliphatic heterocycles. The van der Waals surface area contributed by atoms with Gasteiger partial charge in [0.25, 0.3) is 0 Å². The van der Waals surface area contributed by atoms with Crippen LogP contribution in [0.1, 0.15) is 15.9 Å². The maximum atomic E-state index is 10.9. The molecule has 0 saturated carbocycles. The van der Waals surface area contributed by atoms with Gasteiger partial charge in [0.15, 0.2) is 5.65 Å². The molecule has 0 aliphatic carbocycles. The first-order valence-electron chi connectivity index (χ1n) is 5.93. The fraction of sp³-hybridized carbons (Fsp3) is 0.0714. The summed E-state index contributed by atoms with van der Waals surface area (Å²) in [7, 11) is 0. The van der Waals surface area contributed by atoms with Crippen LogP contribution >= 0.6 is 11.6 Å². The molecule has 3 aromatic rings. The first-order chi connectivity index (χ1) is 9.65. The minimum absolute atomic E-state index is 0.148. The third-order valence-electron chi connectivity index (χ3n) is 3.00. The monoisotopic (exact) mass is 287 g/mol. The van der Waals surface area contributed by atoms with E-state index in [1.54, 1.807) is 16.9 Å². The molecular formula is C14H10ClN3O2. The van der Waals surface area contributed by atoms with Crippen LogP contribution in [0.4, 0.5) is 0 Å². The maximum absolute atomic E-state index is 10.9. The highest BCUT2D eigenvalue weighted by molar-refractivity contribution is 6.31. The van der Waals surface area contributed by atoms with E-state index in [0.29, 0.717) is 22.6 Å². The van der Waals surface area contributed by atoms with E-state index in [0.717, 1.165) is 5.56 Å². The van der Waals surface area contributed by atoms with E-state index in [1.807, 2.05) is 24.3 Å². The van der Waals surface area contributed by atoms with E-state index in [9.17, 15) is 4.79 Å². The number of benzene rings is 1. The third-order valence-corrected chi connectivity index (χ3v) is 3.37. The molecule has 0 bridgehead atoms. The number of carboxylic acids is 1. The molecule has 6 heteroatoms. The number of hydrogen-bond acceptors (Lipinski definition) is 3. The summed E-state index contributed by atoms with van der Waals surface area (Å²) >= 11 is 6.12. The fourth-order valence-electron chi connectivity index (χ4n) is 1.99. The first-order valence-corrected chi connectivity index (χ1v) is 6.31. The summed E-state index contributed by atoms with van der Waals surface area (Å²) in [5.74, 6) is -1.00. The Labute approximate surface area is 119 Å². The second-order valence-electron chi connectivity index (χ2n) is 4.34. The zero-order chi connectivity index (χ0) is 14.1. The van der Waals surface area contributed by atoms with Gasteiger partial charge in [-0.2, -0.15) is 5.10 Å². The lowest BCUT2D eigenvalue weighted by atomic mass is 10.2. The lowest BCUT2D eigenvalue weighted by Gasteiger charge is -2.05. The summed E-state index contributed by atoms with van der Waals surface area (Å²) in [5, 5.41) is 14.5. The van der Waals surface area contributed by atoms with E-state index in [1.165, 1.54) is 6.20 Å². The Morgan fingerprint density at radius 3 is 2.85 bits per heavy atom. The number of fused-ring (bicyclic) bond motifs is 1. The van der Waals surface area contributed by atoms with Crippen molar-refractivity contribution in [1.29, 1.82) is 0 Å². The molecule has 0 unspecified atom stereocenters. The number of halogens is 1. The van der Waals surface area contributed by atoms with Crippen LogP contribution in [0.25, 0.3) is 11.0 Å².